The minimum atomic E-state index is -1.24. The highest BCUT2D eigenvalue weighted by molar-refractivity contribution is 5.95. The molecule has 0 saturated heterocycles. The molecule has 0 aromatic heterocycles. The Balaban J connectivity index is 1.84. The van der Waals surface area contributed by atoms with E-state index in [-0.39, 0.29) is 5.69 Å². The molecule has 136 valence electrons. The second-order valence-electron chi connectivity index (χ2n) is 5.22. The first-order valence-corrected chi connectivity index (χ1v) is 7.52. The van der Waals surface area contributed by atoms with Crippen molar-refractivity contribution in [1.82, 2.24) is 0 Å². The molecule has 1 atom stereocenters. The summed E-state index contributed by atoms with van der Waals surface area (Å²) in [5.74, 6) is -2.85. The van der Waals surface area contributed by atoms with Crippen molar-refractivity contribution in [3.8, 4) is 5.75 Å². The van der Waals surface area contributed by atoms with Crippen LogP contribution in [-0.4, -0.2) is 30.9 Å². The molecule has 2 aromatic carbocycles. The van der Waals surface area contributed by atoms with E-state index < -0.39 is 36.2 Å². The topological polar surface area (TPSA) is 81.7 Å². The van der Waals surface area contributed by atoms with E-state index in [1.54, 1.807) is 0 Å². The number of nitrogens with one attached hydrogen (secondary N) is 1. The first-order valence-electron chi connectivity index (χ1n) is 7.52. The molecule has 0 saturated carbocycles. The molecule has 2 aromatic rings. The normalized spacial score (nSPS) is 11.3. The van der Waals surface area contributed by atoms with Gasteiger partial charge < -0.3 is 14.8 Å². The number of esters is 1. The minimum Gasteiger partial charge on any atom is -0.482 e. The number of aldehydes is 1. The highest BCUT2D eigenvalue weighted by atomic mass is 19.1. The highest BCUT2D eigenvalue weighted by Gasteiger charge is 2.19. The van der Waals surface area contributed by atoms with Gasteiger partial charge in [-0.15, -0.1) is 0 Å². The predicted octanol–water partition coefficient (Wildman–Crippen LogP) is 2.73. The van der Waals surface area contributed by atoms with Gasteiger partial charge in [0.25, 0.3) is 5.91 Å². The lowest BCUT2D eigenvalue weighted by Crippen LogP contribution is -2.32. The van der Waals surface area contributed by atoms with Crippen molar-refractivity contribution in [1.29, 1.82) is 0 Å². The Bertz CT molecular complexity index is 808. The fourth-order valence-corrected chi connectivity index (χ4v) is 1.90. The molecule has 6 nitrogen and oxygen atoms in total. The van der Waals surface area contributed by atoms with Gasteiger partial charge in [-0.25, -0.2) is 13.6 Å². The maximum absolute atomic E-state index is 13.5. The highest BCUT2D eigenvalue weighted by Crippen LogP contribution is 2.16. The molecule has 0 radical (unpaired) electrons. The zero-order valence-electron chi connectivity index (χ0n) is 13.7. The van der Waals surface area contributed by atoms with Crippen molar-refractivity contribution in [2.75, 3.05) is 11.9 Å². The number of rotatable bonds is 7. The molecular formula is C18H15F2NO5. The van der Waals surface area contributed by atoms with E-state index in [9.17, 15) is 23.2 Å². The molecule has 0 aliphatic rings. The van der Waals surface area contributed by atoms with Crippen molar-refractivity contribution in [2.45, 2.75) is 13.0 Å². The summed E-state index contributed by atoms with van der Waals surface area (Å²) in [5, 5.41) is 2.14. The van der Waals surface area contributed by atoms with E-state index in [1.165, 1.54) is 31.2 Å². The van der Waals surface area contributed by atoms with E-state index in [2.05, 4.69) is 5.32 Å². The van der Waals surface area contributed by atoms with Gasteiger partial charge in [0.15, 0.2) is 12.7 Å². The van der Waals surface area contributed by atoms with E-state index in [4.69, 9.17) is 9.47 Å². The quantitative estimate of drug-likeness (QED) is 0.604. The van der Waals surface area contributed by atoms with Crippen LogP contribution in [-0.2, 0) is 14.3 Å². The molecule has 0 heterocycles. The van der Waals surface area contributed by atoms with E-state index in [0.717, 1.165) is 18.2 Å². The van der Waals surface area contributed by atoms with E-state index in [1.807, 2.05) is 0 Å². The van der Waals surface area contributed by atoms with Crippen molar-refractivity contribution in [3.63, 3.8) is 0 Å². The average molecular weight is 363 g/mol. The second-order valence-corrected chi connectivity index (χ2v) is 5.22. The van der Waals surface area contributed by atoms with Crippen LogP contribution in [0.5, 0.6) is 5.75 Å². The first kappa shape index (κ1) is 19.0. The van der Waals surface area contributed by atoms with Gasteiger partial charge in [-0.1, -0.05) is 0 Å². The van der Waals surface area contributed by atoms with Gasteiger partial charge in [-0.2, -0.15) is 0 Å². The summed E-state index contributed by atoms with van der Waals surface area (Å²) < 4.78 is 36.6. The standard InChI is InChI=1S/C18H15F2NO5/c1-11(18(24)21-16-8-13(19)4-7-15(16)20)26-17(23)10-25-14-5-2-12(9-22)3-6-14/h2-9,11H,10H2,1H3,(H,21,24)/t11-/m1/s1. The third-order valence-electron chi connectivity index (χ3n) is 3.24. The molecule has 26 heavy (non-hydrogen) atoms. The number of benzene rings is 2. The Hall–Kier alpha value is -3.29. The van der Waals surface area contributed by atoms with Gasteiger partial charge in [0.05, 0.1) is 5.69 Å². The minimum absolute atomic E-state index is 0.339. The van der Waals surface area contributed by atoms with Crippen LogP contribution in [0, 0.1) is 11.6 Å². The monoisotopic (exact) mass is 363 g/mol. The van der Waals surface area contributed by atoms with Crippen LogP contribution in [0.2, 0.25) is 0 Å². The second kappa shape index (κ2) is 8.70. The van der Waals surface area contributed by atoms with Crippen molar-refractivity contribution in [2.24, 2.45) is 0 Å². The third kappa shape index (κ3) is 5.37. The third-order valence-corrected chi connectivity index (χ3v) is 3.24. The smallest absolute Gasteiger partial charge is 0.344 e. The van der Waals surface area contributed by atoms with Gasteiger partial charge in [-0.05, 0) is 43.3 Å². The van der Waals surface area contributed by atoms with Gasteiger partial charge in [0.2, 0.25) is 0 Å². The summed E-state index contributed by atoms with van der Waals surface area (Å²) in [6.07, 6.45) is -0.578. The number of hydrogen-bond acceptors (Lipinski definition) is 5. The van der Waals surface area contributed by atoms with Crippen LogP contribution in [0.4, 0.5) is 14.5 Å². The maximum atomic E-state index is 13.5. The van der Waals surface area contributed by atoms with Crippen molar-refractivity contribution in [3.05, 3.63) is 59.7 Å². The largest absolute Gasteiger partial charge is 0.482 e. The lowest BCUT2D eigenvalue weighted by molar-refractivity contribution is -0.155. The van der Waals surface area contributed by atoms with E-state index in [0.29, 0.717) is 17.6 Å². The number of halogens is 2. The zero-order chi connectivity index (χ0) is 19.1. The Morgan fingerprint density at radius 1 is 1.15 bits per heavy atom. The Morgan fingerprint density at radius 2 is 1.85 bits per heavy atom. The molecular weight excluding hydrogens is 348 g/mol. The van der Waals surface area contributed by atoms with Crippen molar-refractivity contribution < 1.29 is 32.6 Å². The lowest BCUT2D eigenvalue weighted by Gasteiger charge is -2.14. The van der Waals surface area contributed by atoms with Crippen LogP contribution in [0.3, 0.4) is 0 Å². The average Bonchev–Trinajstić information content (AvgIpc) is 2.63. The van der Waals surface area contributed by atoms with Crippen molar-refractivity contribution >= 4 is 23.9 Å². The molecule has 8 heteroatoms. The molecule has 0 aliphatic heterocycles. The number of carbonyl (C=O) groups is 3. The molecule has 1 amide bonds. The molecule has 0 unspecified atom stereocenters. The number of ether oxygens (including phenoxy) is 2. The van der Waals surface area contributed by atoms with Gasteiger partial charge in [-0.3, -0.25) is 9.59 Å². The molecule has 0 fully saturated rings. The Morgan fingerprint density at radius 3 is 2.50 bits per heavy atom. The number of carbonyl (C=O) groups excluding carboxylic acids is 3. The summed E-state index contributed by atoms with van der Waals surface area (Å²) in [4.78, 5) is 34.2. The maximum Gasteiger partial charge on any atom is 0.344 e. The molecule has 0 bridgehead atoms. The SMILES string of the molecule is C[C@@H](OC(=O)COc1ccc(C=O)cc1)C(=O)Nc1cc(F)ccc1F. The summed E-state index contributed by atoms with van der Waals surface area (Å²) in [6, 6.07) is 8.61. The lowest BCUT2D eigenvalue weighted by atomic mass is 10.2. The fraction of sp³-hybridized carbons (Fsp3) is 0.167. The predicted molar refractivity (Wildman–Crippen MR) is 87.9 cm³/mol. The molecule has 0 aliphatic carbocycles. The Labute approximate surface area is 147 Å². The molecule has 1 N–H and O–H groups in total. The van der Waals surface area contributed by atoms with Gasteiger partial charge in [0.1, 0.15) is 23.7 Å². The summed E-state index contributed by atoms with van der Waals surface area (Å²) >= 11 is 0. The van der Waals surface area contributed by atoms with E-state index >= 15 is 0 Å². The summed E-state index contributed by atoms with van der Waals surface area (Å²) in [7, 11) is 0. The number of hydrogen-bond donors (Lipinski definition) is 1. The first-order chi connectivity index (χ1) is 12.4. The van der Waals surface area contributed by atoms with Crippen LogP contribution >= 0.6 is 0 Å². The van der Waals surface area contributed by atoms with Crippen LogP contribution in [0.15, 0.2) is 42.5 Å². The molecule has 2 rings (SSSR count). The summed E-state index contributed by atoms with van der Waals surface area (Å²) in [6.45, 7) is 0.815. The molecule has 0 spiro atoms. The van der Waals surface area contributed by atoms with Crippen LogP contribution < -0.4 is 10.1 Å². The van der Waals surface area contributed by atoms with Crippen LogP contribution in [0.1, 0.15) is 17.3 Å². The van der Waals surface area contributed by atoms with Gasteiger partial charge in [0, 0.05) is 11.6 Å². The van der Waals surface area contributed by atoms with Crippen LogP contribution in [0.25, 0.3) is 0 Å². The Kier molecular flexibility index (Phi) is 6.37. The zero-order valence-corrected chi connectivity index (χ0v) is 13.7. The fourth-order valence-electron chi connectivity index (χ4n) is 1.90. The summed E-state index contributed by atoms with van der Waals surface area (Å²) in [5.41, 5.74) is 0.0965. The number of amides is 1. The number of anilines is 1. The van der Waals surface area contributed by atoms with Gasteiger partial charge >= 0.3 is 5.97 Å².